The Balaban J connectivity index is 2.07. The topological polar surface area (TPSA) is 32.3 Å². The van der Waals surface area contributed by atoms with E-state index in [0.29, 0.717) is 15.5 Å². The fourth-order valence-corrected chi connectivity index (χ4v) is 2.65. The summed E-state index contributed by atoms with van der Waals surface area (Å²) in [7, 11) is 0. The summed E-state index contributed by atoms with van der Waals surface area (Å²) in [5.74, 6) is 0. The van der Waals surface area contributed by atoms with Crippen LogP contribution in [0.1, 0.15) is 38.4 Å². The molecule has 0 amide bonds. The Labute approximate surface area is 118 Å². The number of benzene rings is 1. The highest BCUT2D eigenvalue weighted by molar-refractivity contribution is 6.42. The number of piperidine rings is 1. The average molecular weight is 288 g/mol. The van der Waals surface area contributed by atoms with Crippen LogP contribution in [-0.4, -0.2) is 17.7 Å². The van der Waals surface area contributed by atoms with Crippen LogP contribution in [0.25, 0.3) is 0 Å². The third kappa shape index (κ3) is 3.18. The minimum atomic E-state index is -0.532. The molecular formula is C14H19Cl2NO. The molecule has 1 saturated heterocycles. The quantitative estimate of drug-likeness (QED) is 0.867. The molecule has 18 heavy (non-hydrogen) atoms. The molecule has 0 aliphatic carbocycles. The van der Waals surface area contributed by atoms with Gasteiger partial charge in [-0.25, -0.2) is 0 Å². The van der Waals surface area contributed by atoms with Crippen LogP contribution >= 0.6 is 23.2 Å². The smallest absolute Gasteiger partial charge is 0.0943 e. The highest BCUT2D eigenvalue weighted by Gasteiger charge is 2.30. The molecule has 0 aromatic heterocycles. The molecule has 1 fully saturated rings. The van der Waals surface area contributed by atoms with Gasteiger partial charge in [0.1, 0.15) is 0 Å². The highest BCUT2D eigenvalue weighted by Crippen LogP contribution is 2.33. The Morgan fingerprint density at radius 3 is 2.61 bits per heavy atom. The first-order valence-corrected chi connectivity index (χ1v) is 7.01. The van der Waals surface area contributed by atoms with Crippen molar-refractivity contribution in [2.75, 3.05) is 6.54 Å². The van der Waals surface area contributed by atoms with E-state index in [2.05, 4.69) is 19.2 Å². The molecule has 1 aliphatic rings. The lowest BCUT2D eigenvalue weighted by atomic mass is 9.80. The van der Waals surface area contributed by atoms with Crippen molar-refractivity contribution in [3.63, 3.8) is 0 Å². The number of aliphatic hydroxyl groups is 1. The van der Waals surface area contributed by atoms with Crippen molar-refractivity contribution in [3.05, 3.63) is 33.8 Å². The van der Waals surface area contributed by atoms with Crippen molar-refractivity contribution in [3.8, 4) is 0 Å². The summed E-state index contributed by atoms with van der Waals surface area (Å²) in [5, 5.41) is 14.8. The molecule has 0 spiro atoms. The SMILES string of the molecule is CC1(C)CCC(C(O)c2ccc(Cl)c(Cl)c2)NC1. The maximum Gasteiger partial charge on any atom is 0.0943 e. The van der Waals surface area contributed by atoms with E-state index in [9.17, 15) is 5.11 Å². The minimum Gasteiger partial charge on any atom is -0.387 e. The zero-order chi connectivity index (χ0) is 13.3. The van der Waals surface area contributed by atoms with Gasteiger partial charge < -0.3 is 10.4 Å². The van der Waals surface area contributed by atoms with Crippen LogP contribution in [0.4, 0.5) is 0 Å². The van der Waals surface area contributed by atoms with Gasteiger partial charge in [0, 0.05) is 12.6 Å². The van der Waals surface area contributed by atoms with Crippen LogP contribution in [0, 0.1) is 5.41 Å². The summed E-state index contributed by atoms with van der Waals surface area (Å²) >= 11 is 11.9. The molecule has 0 saturated carbocycles. The number of aliphatic hydroxyl groups excluding tert-OH is 1. The van der Waals surface area contributed by atoms with E-state index in [1.165, 1.54) is 0 Å². The van der Waals surface area contributed by atoms with E-state index >= 15 is 0 Å². The third-order valence-electron chi connectivity index (χ3n) is 3.64. The van der Waals surface area contributed by atoms with Crippen LogP contribution in [0.2, 0.25) is 10.0 Å². The third-order valence-corrected chi connectivity index (χ3v) is 4.38. The van der Waals surface area contributed by atoms with Gasteiger partial charge in [0.25, 0.3) is 0 Å². The van der Waals surface area contributed by atoms with Gasteiger partial charge in [0.2, 0.25) is 0 Å². The first kappa shape index (κ1) is 14.1. The maximum atomic E-state index is 10.4. The normalized spacial score (nSPS) is 24.8. The van der Waals surface area contributed by atoms with Gasteiger partial charge in [-0.1, -0.05) is 43.1 Å². The van der Waals surface area contributed by atoms with E-state index < -0.39 is 6.10 Å². The summed E-state index contributed by atoms with van der Waals surface area (Å²) in [6, 6.07) is 5.40. The van der Waals surface area contributed by atoms with E-state index in [1.54, 1.807) is 12.1 Å². The van der Waals surface area contributed by atoms with Crippen molar-refractivity contribution in [2.24, 2.45) is 5.41 Å². The second kappa shape index (κ2) is 5.38. The largest absolute Gasteiger partial charge is 0.387 e. The number of rotatable bonds is 2. The fourth-order valence-electron chi connectivity index (χ4n) is 2.34. The molecule has 2 atom stereocenters. The Morgan fingerprint density at radius 1 is 1.33 bits per heavy atom. The lowest BCUT2D eigenvalue weighted by Gasteiger charge is -2.37. The first-order valence-electron chi connectivity index (χ1n) is 6.25. The standard InChI is InChI=1S/C14H19Cl2NO/c1-14(2)6-5-12(17-8-14)13(18)9-3-4-10(15)11(16)7-9/h3-4,7,12-13,17-18H,5-6,8H2,1-2H3. The van der Waals surface area contributed by atoms with Crippen LogP contribution in [0.3, 0.4) is 0 Å². The van der Waals surface area contributed by atoms with Gasteiger partial charge in [-0.3, -0.25) is 0 Å². The summed E-state index contributed by atoms with van der Waals surface area (Å²) < 4.78 is 0. The molecule has 4 heteroatoms. The van der Waals surface area contributed by atoms with Gasteiger partial charge in [0.15, 0.2) is 0 Å². The van der Waals surface area contributed by atoms with Gasteiger partial charge in [-0.15, -0.1) is 0 Å². The molecule has 1 aliphatic heterocycles. The molecule has 2 nitrogen and oxygen atoms in total. The number of hydrogen-bond donors (Lipinski definition) is 2. The van der Waals surface area contributed by atoms with Crippen molar-refractivity contribution >= 4 is 23.2 Å². The van der Waals surface area contributed by atoms with Gasteiger partial charge in [-0.05, 0) is 36.0 Å². The van der Waals surface area contributed by atoms with Crippen LogP contribution < -0.4 is 5.32 Å². The summed E-state index contributed by atoms with van der Waals surface area (Å²) in [6.07, 6.45) is 1.55. The number of halogens is 2. The number of hydrogen-bond acceptors (Lipinski definition) is 2. The molecule has 100 valence electrons. The monoisotopic (exact) mass is 287 g/mol. The summed E-state index contributed by atoms with van der Waals surface area (Å²) in [6.45, 7) is 5.40. The highest BCUT2D eigenvalue weighted by atomic mass is 35.5. The van der Waals surface area contributed by atoms with Crippen LogP contribution in [0.15, 0.2) is 18.2 Å². The van der Waals surface area contributed by atoms with Gasteiger partial charge in [0.05, 0.1) is 16.1 Å². The first-order chi connectivity index (χ1) is 8.39. The van der Waals surface area contributed by atoms with Crippen molar-refractivity contribution in [1.82, 2.24) is 5.32 Å². The predicted molar refractivity (Wildman–Crippen MR) is 76.2 cm³/mol. The van der Waals surface area contributed by atoms with Crippen molar-refractivity contribution < 1.29 is 5.11 Å². The summed E-state index contributed by atoms with van der Waals surface area (Å²) in [4.78, 5) is 0. The molecule has 0 bridgehead atoms. The van der Waals surface area contributed by atoms with E-state index in [4.69, 9.17) is 23.2 Å². The molecule has 1 aromatic carbocycles. The lowest BCUT2D eigenvalue weighted by molar-refractivity contribution is 0.0869. The molecule has 1 heterocycles. The molecule has 2 N–H and O–H groups in total. The second-order valence-corrected chi connectivity index (χ2v) is 6.62. The number of nitrogens with one attached hydrogen (secondary N) is 1. The molecule has 0 radical (unpaired) electrons. The Bertz CT molecular complexity index is 424. The lowest BCUT2D eigenvalue weighted by Crippen LogP contribution is -2.45. The van der Waals surface area contributed by atoms with Crippen LogP contribution in [-0.2, 0) is 0 Å². The van der Waals surface area contributed by atoms with E-state index in [0.717, 1.165) is 24.9 Å². The molecule has 1 aromatic rings. The second-order valence-electron chi connectivity index (χ2n) is 5.81. The molecule has 2 unspecified atom stereocenters. The fraction of sp³-hybridized carbons (Fsp3) is 0.571. The van der Waals surface area contributed by atoms with E-state index in [1.807, 2.05) is 6.07 Å². The Hall–Kier alpha value is -0.280. The Kier molecular flexibility index (Phi) is 4.22. The van der Waals surface area contributed by atoms with Crippen LogP contribution in [0.5, 0.6) is 0 Å². The zero-order valence-corrected chi connectivity index (χ0v) is 12.2. The zero-order valence-electron chi connectivity index (χ0n) is 10.7. The van der Waals surface area contributed by atoms with E-state index in [-0.39, 0.29) is 6.04 Å². The Morgan fingerprint density at radius 2 is 2.06 bits per heavy atom. The average Bonchev–Trinajstić information content (AvgIpc) is 2.32. The molecule has 2 rings (SSSR count). The molecular weight excluding hydrogens is 269 g/mol. The summed E-state index contributed by atoms with van der Waals surface area (Å²) in [5.41, 5.74) is 1.13. The van der Waals surface area contributed by atoms with Gasteiger partial charge in [-0.2, -0.15) is 0 Å². The maximum absolute atomic E-state index is 10.4. The predicted octanol–water partition coefficient (Wildman–Crippen LogP) is 3.81. The van der Waals surface area contributed by atoms with Crippen molar-refractivity contribution in [1.29, 1.82) is 0 Å². The van der Waals surface area contributed by atoms with Gasteiger partial charge >= 0.3 is 0 Å². The van der Waals surface area contributed by atoms with Crippen molar-refractivity contribution in [2.45, 2.75) is 38.8 Å². The minimum absolute atomic E-state index is 0.0928.